The molecule has 0 bridgehead atoms. The van der Waals surface area contributed by atoms with E-state index < -0.39 is 12.1 Å². The van der Waals surface area contributed by atoms with E-state index in [0.29, 0.717) is 19.6 Å². The van der Waals surface area contributed by atoms with Crippen LogP contribution in [0.4, 0.5) is 0 Å². The van der Waals surface area contributed by atoms with E-state index in [1.54, 1.807) is 6.92 Å². The van der Waals surface area contributed by atoms with Crippen molar-refractivity contribution in [3.63, 3.8) is 0 Å². The van der Waals surface area contributed by atoms with Gasteiger partial charge in [0.2, 0.25) is 0 Å². The molecule has 4 rings (SSSR count). The molecule has 1 unspecified atom stereocenters. The highest BCUT2D eigenvalue weighted by atomic mass is 16.5. The fourth-order valence-corrected chi connectivity index (χ4v) is 4.17. The lowest BCUT2D eigenvalue weighted by Gasteiger charge is -2.12. The van der Waals surface area contributed by atoms with Crippen molar-refractivity contribution in [2.24, 2.45) is 0 Å². The number of benzene rings is 3. The van der Waals surface area contributed by atoms with Gasteiger partial charge in [0.1, 0.15) is 12.4 Å². The lowest BCUT2D eigenvalue weighted by Crippen LogP contribution is -2.26. The van der Waals surface area contributed by atoms with Gasteiger partial charge in [-0.2, -0.15) is 0 Å². The Hall–Kier alpha value is -3.37. The highest BCUT2D eigenvalue weighted by molar-refractivity contribution is 6.01. The Morgan fingerprint density at radius 2 is 1.50 bits per heavy atom. The van der Waals surface area contributed by atoms with Crippen LogP contribution in [0.2, 0.25) is 0 Å². The van der Waals surface area contributed by atoms with Crippen LogP contribution in [0, 0.1) is 13.8 Å². The molecule has 1 aliphatic carbocycles. The smallest absolute Gasteiger partial charge is 0.333 e. The molecule has 1 N–H and O–H groups in total. The molecule has 3 aromatic carbocycles. The maximum absolute atomic E-state index is 11.3. The molecular formula is C28H28O4. The van der Waals surface area contributed by atoms with Crippen molar-refractivity contribution < 1.29 is 19.4 Å². The number of aryl methyl sites for hydroxylation is 2. The molecule has 1 aliphatic rings. The Bertz CT molecular complexity index is 1110. The van der Waals surface area contributed by atoms with E-state index in [1.807, 2.05) is 24.3 Å². The summed E-state index contributed by atoms with van der Waals surface area (Å²) in [5.74, 6) is -0.192. The van der Waals surface area contributed by atoms with Gasteiger partial charge < -0.3 is 14.6 Å². The number of carboxylic acid groups (broad SMARTS) is 1. The molecule has 0 fully saturated rings. The summed E-state index contributed by atoms with van der Waals surface area (Å²) in [7, 11) is 0. The summed E-state index contributed by atoms with van der Waals surface area (Å²) in [5, 5.41) is 9.26. The van der Waals surface area contributed by atoms with E-state index in [4.69, 9.17) is 9.47 Å². The fourth-order valence-electron chi connectivity index (χ4n) is 4.17. The van der Waals surface area contributed by atoms with Crippen LogP contribution in [-0.2, 0) is 16.0 Å². The zero-order valence-electron chi connectivity index (χ0n) is 18.7. The van der Waals surface area contributed by atoms with Crippen molar-refractivity contribution in [3.8, 4) is 16.9 Å². The number of carboxylic acids is 1. The average molecular weight is 429 g/mol. The molecule has 0 amide bonds. The zero-order valence-corrected chi connectivity index (χ0v) is 18.7. The minimum Gasteiger partial charge on any atom is -0.490 e. The van der Waals surface area contributed by atoms with Gasteiger partial charge in [0.25, 0.3) is 0 Å². The van der Waals surface area contributed by atoms with Gasteiger partial charge in [0.05, 0.1) is 0 Å². The second kappa shape index (κ2) is 9.41. The third kappa shape index (κ3) is 4.61. The number of aliphatic carboxylic acids is 1. The Morgan fingerprint density at radius 3 is 2.03 bits per heavy atom. The number of fused-ring (bicyclic) bond motifs is 3. The van der Waals surface area contributed by atoms with E-state index >= 15 is 0 Å². The molecule has 3 aromatic rings. The maximum atomic E-state index is 11.3. The van der Waals surface area contributed by atoms with Gasteiger partial charge >= 0.3 is 5.97 Å². The predicted octanol–water partition coefficient (Wildman–Crippen LogP) is 5.83. The minimum atomic E-state index is -0.943. The van der Waals surface area contributed by atoms with E-state index in [0.717, 1.165) is 11.3 Å². The minimum absolute atomic E-state index is 0.333. The maximum Gasteiger partial charge on any atom is 0.333 e. The van der Waals surface area contributed by atoms with Crippen LogP contribution < -0.4 is 4.74 Å². The largest absolute Gasteiger partial charge is 0.490 e. The lowest BCUT2D eigenvalue weighted by molar-refractivity contribution is -0.149. The Labute approximate surface area is 189 Å². The highest BCUT2D eigenvalue weighted by Crippen LogP contribution is 2.44. The molecule has 1 atom stereocenters. The van der Waals surface area contributed by atoms with Gasteiger partial charge in [-0.15, -0.1) is 0 Å². The monoisotopic (exact) mass is 428 g/mol. The molecule has 32 heavy (non-hydrogen) atoms. The molecular weight excluding hydrogens is 400 g/mol. The first-order valence-corrected chi connectivity index (χ1v) is 10.9. The molecule has 164 valence electrons. The predicted molar refractivity (Wildman–Crippen MR) is 127 cm³/mol. The van der Waals surface area contributed by atoms with E-state index in [2.05, 4.69) is 56.3 Å². The molecule has 4 heteroatoms. The molecule has 0 aromatic heterocycles. The lowest BCUT2D eigenvalue weighted by atomic mass is 10.0. The van der Waals surface area contributed by atoms with Crippen LogP contribution in [-0.4, -0.2) is 30.4 Å². The second-order valence-corrected chi connectivity index (χ2v) is 8.16. The third-order valence-electron chi connectivity index (χ3n) is 5.75. The number of hydrogen-bond donors (Lipinski definition) is 1. The van der Waals surface area contributed by atoms with Crippen molar-refractivity contribution in [2.45, 2.75) is 33.3 Å². The summed E-state index contributed by atoms with van der Waals surface area (Å²) < 4.78 is 11.3. The summed E-state index contributed by atoms with van der Waals surface area (Å²) in [5.41, 5.74) is 9.62. The van der Waals surface area contributed by atoms with Crippen LogP contribution in [0.15, 0.2) is 66.7 Å². The first-order chi connectivity index (χ1) is 15.5. The number of carbonyl (C=O) groups is 1. The van der Waals surface area contributed by atoms with Gasteiger partial charge in [-0.25, -0.2) is 4.79 Å². The number of ether oxygens (including phenoxy) is 2. The molecule has 0 aliphatic heterocycles. The summed E-state index contributed by atoms with van der Waals surface area (Å²) in [6.07, 6.45) is 1.65. The Balaban J connectivity index is 1.49. The average Bonchev–Trinajstić information content (AvgIpc) is 3.06. The third-order valence-corrected chi connectivity index (χ3v) is 5.75. The number of hydrogen-bond acceptors (Lipinski definition) is 3. The number of rotatable bonds is 8. The van der Waals surface area contributed by atoms with E-state index in [-0.39, 0.29) is 0 Å². The molecule has 0 saturated heterocycles. The van der Waals surface area contributed by atoms with Crippen LogP contribution >= 0.6 is 0 Å². The molecule has 0 saturated carbocycles. The Morgan fingerprint density at radius 1 is 0.906 bits per heavy atom. The normalized spacial score (nSPS) is 12.8. The van der Waals surface area contributed by atoms with E-state index in [1.165, 1.54) is 39.0 Å². The molecule has 4 nitrogen and oxygen atoms in total. The van der Waals surface area contributed by atoms with Crippen molar-refractivity contribution in [1.82, 2.24) is 0 Å². The topological polar surface area (TPSA) is 55.8 Å². The first kappa shape index (κ1) is 21.8. The summed E-state index contributed by atoms with van der Waals surface area (Å²) in [4.78, 5) is 11.3. The van der Waals surface area contributed by atoms with Crippen LogP contribution in [0.5, 0.6) is 5.75 Å². The van der Waals surface area contributed by atoms with Crippen LogP contribution in [0.25, 0.3) is 16.7 Å². The van der Waals surface area contributed by atoms with Gasteiger partial charge in [0, 0.05) is 13.0 Å². The first-order valence-electron chi connectivity index (χ1n) is 10.9. The van der Waals surface area contributed by atoms with E-state index in [9.17, 15) is 9.90 Å². The fraction of sp³-hybridized carbons (Fsp3) is 0.250. The highest BCUT2D eigenvalue weighted by Gasteiger charge is 2.23. The van der Waals surface area contributed by atoms with Crippen molar-refractivity contribution >= 4 is 11.5 Å². The molecule has 0 spiro atoms. The zero-order chi connectivity index (χ0) is 22.7. The van der Waals surface area contributed by atoms with Crippen molar-refractivity contribution in [3.05, 3.63) is 94.6 Å². The molecule has 0 heterocycles. The van der Waals surface area contributed by atoms with Gasteiger partial charge in [-0.3, -0.25) is 0 Å². The van der Waals surface area contributed by atoms with Gasteiger partial charge in [-0.05, 0) is 72.4 Å². The van der Waals surface area contributed by atoms with Crippen LogP contribution in [0.1, 0.15) is 34.7 Å². The standard InChI is InChI=1S/C28H28O4/c1-4-31-27(28(29)30)17-20-7-9-21(10-8-20)32-14-13-24-25-15-18(2)5-11-22(25)23-12-6-19(3)16-26(23)24/h5-13,15-16,27H,4,14,17H2,1-3H3,(H,29,30). The summed E-state index contributed by atoms with van der Waals surface area (Å²) in [6, 6.07) is 20.7. The van der Waals surface area contributed by atoms with Gasteiger partial charge in [-0.1, -0.05) is 59.7 Å². The summed E-state index contributed by atoms with van der Waals surface area (Å²) >= 11 is 0. The van der Waals surface area contributed by atoms with Crippen molar-refractivity contribution in [2.75, 3.05) is 13.2 Å². The van der Waals surface area contributed by atoms with Gasteiger partial charge in [0.15, 0.2) is 6.10 Å². The SMILES string of the molecule is CCOC(Cc1ccc(OCC=C2c3cc(C)ccc3-c3ccc(C)cc32)cc1)C(=O)O. The van der Waals surface area contributed by atoms with Crippen LogP contribution in [0.3, 0.4) is 0 Å². The second-order valence-electron chi connectivity index (χ2n) is 8.16. The Kier molecular flexibility index (Phi) is 6.42. The summed E-state index contributed by atoms with van der Waals surface area (Å²) in [6.45, 7) is 6.85. The van der Waals surface area contributed by atoms with Crippen molar-refractivity contribution in [1.29, 1.82) is 0 Å². The quantitative estimate of drug-likeness (QED) is 0.384. The molecule has 0 radical (unpaired) electrons.